The average Bonchev–Trinajstić information content (AvgIpc) is 2.18. The van der Waals surface area contributed by atoms with Crippen LogP contribution in [0, 0.1) is 0 Å². The molecule has 0 spiro atoms. The van der Waals surface area contributed by atoms with Gasteiger partial charge >= 0.3 is 5.97 Å². The van der Waals surface area contributed by atoms with E-state index in [1.54, 1.807) is 12.3 Å². The number of hydrogen-bond donors (Lipinski definition) is 2. The van der Waals surface area contributed by atoms with Crippen LogP contribution in [0.1, 0.15) is 19.5 Å². The number of carboxylic acids is 1. The summed E-state index contributed by atoms with van der Waals surface area (Å²) in [5.74, 6) is -1.04. The van der Waals surface area contributed by atoms with Gasteiger partial charge in [-0.05, 0) is 26.0 Å². The summed E-state index contributed by atoms with van der Waals surface area (Å²) in [5, 5.41) is 8.62. The van der Waals surface area contributed by atoms with Crippen LogP contribution in [0.4, 0.5) is 0 Å². The Balaban J connectivity index is 3.08. The Morgan fingerprint density at radius 3 is 2.67 bits per heavy atom. The van der Waals surface area contributed by atoms with Crippen LogP contribution >= 0.6 is 0 Å². The normalized spacial score (nSPS) is 12.5. The van der Waals surface area contributed by atoms with Crippen LogP contribution in [-0.4, -0.2) is 16.1 Å². The molecule has 0 fully saturated rings. The number of carboxylic acid groups (broad SMARTS) is 1. The maximum absolute atomic E-state index is 10.5. The minimum absolute atomic E-state index is 0.286. The fourth-order valence-electron chi connectivity index (χ4n) is 1.19. The van der Waals surface area contributed by atoms with E-state index in [1.807, 2.05) is 26.0 Å². The molecule has 3 N–H and O–H groups in total. The van der Waals surface area contributed by atoms with Crippen molar-refractivity contribution in [3.05, 3.63) is 41.9 Å². The largest absolute Gasteiger partial charge is 0.478 e. The topological polar surface area (TPSA) is 76.2 Å². The molecule has 0 bridgehead atoms. The van der Waals surface area contributed by atoms with Crippen molar-refractivity contribution in [2.45, 2.75) is 19.3 Å². The van der Waals surface area contributed by atoms with Crippen molar-refractivity contribution in [1.29, 1.82) is 0 Å². The van der Waals surface area contributed by atoms with Crippen molar-refractivity contribution < 1.29 is 9.90 Å². The highest BCUT2D eigenvalue weighted by Gasteiger charge is 2.25. The van der Waals surface area contributed by atoms with Gasteiger partial charge in [0, 0.05) is 23.4 Å². The molecule has 0 radical (unpaired) electrons. The molecule has 0 amide bonds. The molecule has 15 heavy (non-hydrogen) atoms. The van der Waals surface area contributed by atoms with Crippen LogP contribution in [0.3, 0.4) is 0 Å². The van der Waals surface area contributed by atoms with E-state index in [-0.39, 0.29) is 5.70 Å². The molecule has 0 aromatic carbocycles. The van der Waals surface area contributed by atoms with E-state index in [9.17, 15) is 4.79 Å². The molecule has 80 valence electrons. The third-order valence-electron chi connectivity index (χ3n) is 2.31. The van der Waals surface area contributed by atoms with E-state index < -0.39 is 11.4 Å². The number of aromatic nitrogens is 1. The zero-order valence-corrected chi connectivity index (χ0v) is 8.77. The predicted octanol–water partition coefficient (Wildman–Crippen LogP) is 1.29. The fraction of sp³-hybridized carbons (Fsp3) is 0.273. The lowest BCUT2D eigenvalue weighted by atomic mass is 9.85. The van der Waals surface area contributed by atoms with Gasteiger partial charge in [0.05, 0.1) is 5.69 Å². The summed E-state index contributed by atoms with van der Waals surface area (Å²) in [4.78, 5) is 14.7. The number of rotatable bonds is 3. The monoisotopic (exact) mass is 206 g/mol. The summed E-state index contributed by atoms with van der Waals surface area (Å²) in [6.07, 6.45) is 2.67. The first-order chi connectivity index (χ1) is 6.94. The maximum atomic E-state index is 10.5. The van der Waals surface area contributed by atoms with Gasteiger partial charge in [-0.25, -0.2) is 4.79 Å². The Morgan fingerprint density at radius 2 is 2.20 bits per heavy atom. The van der Waals surface area contributed by atoms with Crippen LogP contribution < -0.4 is 5.73 Å². The second-order valence-electron chi connectivity index (χ2n) is 3.78. The molecule has 0 aliphatic heterocycles. The quantitative estimate of drug-likeness (QED) is 0.730. The minimum atomic E-state index is -1.04. The van der Waals surface area contributed by atoms with Crippen molar-refractivity contribution in [3.8, 4) is 0 Å². The summed E-state index contributed by atoms with van der Waals surface area (Å²) in [6.45, 7) is 3.67. The van der Waals surface area contributed by atoms with Gasteiger partial charge in [0.2, 0.25) is 0 Å². The van der Waals surface area contributed by atoms with Crippen LogP contribution in [0.5, 0.6) is 0 Å². The summed E-state index contributed by atoms with van der Waals surface area (Å²) < 4.78 is 0. The van der Waals surface area contributed by atoms with Gasteiger partial charge < -0.3 is 10.8 Å². The molecule has 0 aliphatic rings. The van der Waals surface area contributed by atoms with Gasteiger partial charge in [0.25, 0.3) is 0 Å². The van der Waals surface area contributed by atoms with Crippen LogP contribution in [-0.2, 0) is 10.2 Å². The molecule has 0 atom stereocenters. The Labute approximate surface area is 88.4 Å². The van der Waals surface area contributed by atoms with Crippen molar-refractivity contribution >= 4 is 5.97 Å². The van der Waals surface area contributed by atoms with E-state index in [4.69, 9.17) is 10.8 Å². The first-order valence-electron chi connectivity index (χ1n) is 4.56. The van der Waals surface area contributed by atoms with Crippen LogP contribution in [0.15, 0.2) is 36.2 Å². The zero-order chi connectivity index (χ0) is 11.5. The minimum Gasteiger partial charge on any atom is -0.478 e. The molecule has 4 heteroatoms. The smallest absolute Gasteiger partial charge is 0.330 e. The molecule has 0 aliphatic carbocycles. The molecule has 0 unspecified atom stereocenters. The standard InChI is InChI=1S/C11H14N2O2/c1-11(2,8(12)7-10(14)15)9-5-3-4-6-13-9/h3-7H,12H2,1-2H3,(H,14,15)/b8-7-. The lowest BCUT2D eigenvalue weighted by molar-refractivity contribution is -0.131. The molecular weight excluding hydrogens is 192 g/mol. The summed E-state index contributed by atoms with van der Waals surface area (Å²) in [6, 6.07) is 5.47. The van der Waals surface area contributed by atoms with Gasteiger partial charge in [-0.15, -0.1) is 0 Å². The Morgan fingerprint density at radius 1 is 1.53 bits per heavy atom. The Kier molecular flexibility index (Phi) is 3.09. The van der Waals surface area contributed by atoms with Crippen molar-refractivity contribution in [3.63, 3.8) is 0 Å². The van der Waals surface area contributed by atoms with Crippen LogP contribution in [0.25, 0.3) is 0 Å². The maximum Gasteiger partial charge on any atom is 0.330 e. The van der Waals surface area contributed by atoms with Gasteiger partial charge in [-0.2, -0.15) is 0 Å². The highest BCUT2D eigenvalue weighted by Crippen LogP contribution is 2.26. The first-order valence-corrected chi connectivity index (χ1v) is 4.56. The van der Waals surface area contributed by atoms with E-state index in [1.165, 1.54) is 0 Å². The van der Waals surface area contributed by atoms with E-state index >= 15 is 0 Å². The Bertz CT molecular complexity index is 383. The average molecular weight is 206 g/mol. The van der Waals surface area contributed by atoms with Crippen LogP contribution in [0.2, 0.25) is 0 Å². The van der Waals surface area contributed by atoms with Crippen molar-refractivity contribution in [2.24, 2.45) is 5.73 Å². The number of nitrogens with zero attached hydrogens (tertiary/aromatic N) is 1. The second kappa shape index (κ2) is 4.13. The molecule has 1 heterocycles. The molecule has 4 nitrogen and oxygen atoms in total. The molecule has 0 saturated heterocycles. The third kappa shape index (κ3) is 2.56. The molecular formula is C11H14N2O2. The number of allylic oxidation sites excluding steroid dienone is 1. The SMILES string of the molecule is CC(C)(/C(N)=C/C(=O)O)c1ccccn1. The van der Waals surface area contributed by atoms with E-state index in [2.05, 4.69) is 4.98 Å². The van der Waals surface area contributed by atoms with Gasteiger partial charge in [0.1, 0.15) is 0 Å². The molecule has 1 aromatic rings. The molecule has 1 aromatic heterocycles. The highest BCUT2D eigenvalue weighted by molar-refractivity contribution is 5.81. The predicted molar refractivity (Wildman–Crippen MR) is 57.2 cm³/mol. The third-order valence-corrected chi connectivity index (χ3v) is 2.31. The van der Waals surface area contributed by atoms with E-state index in [0.29, 0.717) is 0 Å². The second-order valence-corrected chi connectivity index (χ2v) is 3.78. The van der Waals surface area contributed by atoms with Crippen molar-refractivity contribution in [2.75, 3.05) is 0 Å². The summed E-state index contributed by atoms with van der Waals surface area (Å²) in [5.41, 5.74) is 6.19. The number of hydrogen-bond acceptors (Lipinski definition) is 3. The number of pyridine rings is 1. The fourth-order valence-corrected chi connectivity index (χ4v) is 1.19. The summed E-state index contributed by atoms with van der Waals surface area (Å²) in [7, 11) is 0. The number of carbonyl (C=O) groups is 1. The summed E-state index contributed by atoms with van der Waals surface area (Å²) >= 11 is 0. The zero-order valence-electron chi connectivity index (χ0n) is 8.77. The van der Waals surface area contributed by atoms with Gasteiger partial charge in [-0.1, -0.05) is 6.07 Å². The molecule has 0 saturated carbocycles. The van der Waals surface area contributed by atoms with Gasteiger partial charge in [-0.3, -0.25) is 4.98 Å². The highest BCUT2D eigenvalue weighted by atomic mass is 16.4. The lowest BCUT2D eigenvalue weighted by Crippen LogP contribution is -2.27. The first kappa shape index (κ1) is 11.2. The number of nitrogens with two attached hydrogens (primary N) is 1. The van der Waals surface area contributed by atoms with E-state index in [0.717, 1.165) is 11.8 Å². The number of aliphatic carboxylic acids is 1. The molecule has 1 rings (SSSR count). The van der Waals surface area contributed by atoms with Crippen molar-refractivity contribution in [1.82, 2.24) is 4.98 Å². The Hall–Kier alpha value is -1.84. The van der Waals surface area contributed by atoms with Gasteiger partial charge in [0.15, 0.2) is 0 Å². The lowest BCUT2D eigenvalue weighted by Gasteiger charge is -2.24.